The number of hydrogen-bond acceptors (Lipinski definition) is 4. The standard InChI is InChI=1S/C6H8O4/c1-9-5(7)3-4-6(8)10-2/h3-4H,1-2H3/b4-3+/i3D. The van der Waals surface area contributed by atoms with Crippen LogP contribution in [-0.4, -0.2) is 26.2 Å². The summed E-state index contributed by atoms with van der Waals surface area (Å²) in [5.41, 5.74) is 0. The average Bonchev–Trinajstić information content (AvgIpc) is 2.02. The molecule has 0 amide bonds. The van der Waals surface area contributed by atoms with Gasteiger partial charge in [-0.15, -0.1) is 0 Å². The van der Waals surface area contributed by atoms with Crippen LogP contribution in [0.4, 0.5) is 0 Å². The summed E-state index contributed by atoms with van der Waals surface area (Å²) in [7, 11) is 2.28. The molecule has 0 aromatic heterocycles. The molecule has 0 N–H and O–H groups in total. The normalized spacial score (nSPS) is 11.8. The predicted octanol–water partition coefficient (Wildman–Crippen LogP) is -0.111. The zero-order chi connectivity index (χ0) is 8.85. The first kappa shape index (κ1) is 6.80. The molecule has 0 radical (unpaired) electrons. The van der Waals surface area contributed by atoms with Crippen LogP contribution in [0.5, 0.6) is 0 Å². The van der Waals surface area contributed by atoms with E-state index in [4.69, 9.17) is 1.37 Å². The smallest absolute Gasteiger partial charge is 0.330 e. The van der Waals surface area contributed by atoms with Crippen molar-refractivity contribution in [2.24, 2.45) is 0 Å². The number of rotatable bonds is 2. The molecule has 0 rings (SSSR count). The Bertz CT molecular complexity index is 197. The molecule has 0 aliphatic heterocycles. The first-order valence-electron chi connectivity index (χ1n) is 2.96. The fraction of sp³-hybridized carbons (Fsp3) is 0.333. The number of hydrogen-bond donors (Lipinski definition) is 0. The summed E-state index contributed by atoms with van der Waals surface area (Å²) in [5, 5.41) is 0. The van der Waals surface area contributed by atoms with Gasteiger partial charge in [0.15, 0.2) is 0 Å². The van der Waals surface area contributed by atoms with Crippen LogP contribution < -0.4 is 0 Å². The van der Waals surface area contributed by atoms with Gasteiger partial charge in [-0.25, -0.2) is 9.59 Å². The SMILES string of the molecule is [2H]/C(=C\C(=O)OC)C(=O)OC. The highest BCUT2D eigenvalue weighted by atomic mass is 16.5. The summed E-state index contributed by atoms with van der Waals surface area (Å²) in [6, 6.07) is -0.528. The van der Waals surface area contributed by atoms with Gasteiger partial charge in [-0.1, -0.05) is 0 Å². The molecule has 0 saturated carbocycles. The first-order chi connectivity index (χ1) is 5.11. The van der Waals surface area contributed by atoms with Crippen molar-refractivity contribution in [1.29, 1.82) is 0 Å². The van der Waals surface area contributed by atoms with Crippen molar-refractivity contribution in [3.8, 4) is 0 Å². The lowest BCUT2D eigenvalue weighted by Gasteiger charge is -1.89. The summed E-state index contributed by atoms with van der Waals surface area (Å²) in [6.45, 7) is 0. The highest BCUT2D eigenvalue weighted by Gasteiger charge is 1.94. The Kier molecular flexibility index (Phi) is 3.09. The molecule has 0 atom stereocenters. The summed E-state index contributed by atoms with van der Waals surface area (Å²) in [4.78, 5) is 20.9. The second-order valence-corrected chi connectivity index (χ2v) is 1.30. The molecule has 0 aliphatic rings. The Morgan fingerprint density at radius 3 is 2.20 bits per heavy atom. The minimum Gasteiger partial charge on any atom is -0.466 e. The summed E-state index contributed by atoms with van der Waals surface area (Å²) >= 11 is 0. The van der Waals surface area contributed by atoms with Crippen LogP contribution in [0.3, 0.4) is 0 Å². The van der Waals surface area contributed by atoms with Crippen molar-refractivity contribution in [3.63, 3.8) is 0 Å². The highest BCUT2D eigenvalue weighted by molar-refractivity contribution is 5.91. The number of ether oxygens (including phenoxy) is 2. The van der Waals surface area contributed by atoms with Crippen LogP contribution in [-0.2, 0) is 19.1 Å². The van der Waals surface area contributed by atoms with Crippen molar-refractivity contribution >= 4 is 11.9 Å². The van der Waals surface area contributed by atoms with E-state index in [1.807, 2.05) is 0 Å². The average molecular weight is 145 g/mol. The molecule has 0 saturated heterocycles. The van der Waals surface area contributed by atoms with E-state index in [9.17, 15) is 9.59 Å². The maximum Gasteiger partial charge on any atom is 0.330 e. The second kappa shape index (κ2) is 4.55. The fourth-order valence-electron chi connectivity index (χ4n) is 0.236. The first-order valence-corrected chi connectivity index (χ1v) is 2.46. The minimum atomic E-state index is -0.865. The molecule has 0 unspecified atom stereocenters. The third kappa shape index (κ3) is 3.65. The van der Waals surface area contributed by atoms with Crippen LogP contribution in [0.15, 0.2) is 12.1 Å². The molecule has 4 heteroatoms. The van der Waals surface area contributed by atoms with Crippen molar-refractivity contribution < 1.29 is 20.4 Å². The van der Waals surface area contributed by atoms with E-state index in [1.165, 1.54) is 0 Å². The van der Waals surface area contributed by atoms with Crippen LogP contribution in [0.25, 0.3) is 0 Å². The molecule has 0 spiro atoms. The Hall–Kier alpha value is -1.32. The molecule has 0 aliphatic carbocycles. The van der Waals surface area contributed by atoms with Gasteiger partial charge in [0, 0.05) is 12.1 Å². The van der Waals surface area contributed by atoms with Crippen LogP contribution in [0.2, 0.25) is 0 Å². The topological polar surface area (TPSA) is 52.6 Å². The van der Waals surface area contributed by atoms with Gasteiger partial charge in [-0.05, 0) is 0 Å². The molecule has 0 aromatic rings. The van der Waals surface area contributed by atoms with E-state index in [-0.39, 0.29) is 0 Å². The molecule has 4 nitrogen and oxygen atoms in total. The number of carbonyl (C=O) groups excluding carboxylic acids is 2. The van der Waals surface area contributed by atoms with E-state index >= 15 is 0 Å². The number of methoxy groups -OCH3 is 2. The van der Waals surface area contributed by atoms with Gasteiger partial charge in [0.05, 0.1) is 15.6 Å². The third-order valence-corrected chi connectivity index (χ3v) is 0.694. The Balaban J connectivity index is 4.21. The highest BCUT2D eigenvalue weighted by Crippen LogP contribution is 1.80. The van der Waals surface area contributed by atoms with Crippen LogP contribution >= 0.6 is 0 Å². The summed E-state index contributed by atoms with van der Waals surface area (Å²) < 4.78 is 15.2. The van der Waals surface area contributed by atoms with E-state index in [2.05, 4.69) is 9.47 Å². The maximum absolute atomic E-state index is 10.5. The minimum absolute atomic E-state index is 0.528. The van der Waals surface area contributed by atoms with E-state index in [0.717, 1.165) is 20.3 Å². The lowest BCUT2D eigenvalue weighted by Crippen LogP contribution is -1.98. The largest absolute Gasteiger partial charge is 0.466 e. The van der Waals surface area contributed by atoms with Crippen molar-refractivity contribution in [1.82, 2.24) is 0 Å². The fourth-order valence-corrected chi connectivity index (χ4v) is 0.236. The zero-order valence-electron chi connectivity index (χ0n) is 6.71. The monoisotopic (exact) mass is 145 g/mol. The van der Waals surface area contributed by atoms with Gasteiger partial charge in [0.25, 0.3) is 0 Å². The lowest BCUT2D eigenvalue weighted by molar-refractivity contribution is -0.137. The Labute approximate surface area is 59.8 Å². The number of carbonyl (C=O) groups is 2. The van der Waals surface area contributed by atoms with Crippen molar-refractivity contribution in [2.75, 3.05) is 14.2 Å². The molecule has 0 fully saturated rings. The van der Waals surface area contributed by atoms with Gasteiger partial charge in [-0.3, -0.25) is 0 Å². The Morgan fingerprint density at radius 1 is 1.30 bits per heavy atom. The Morgan fingerprint density at radius 2 is 1.80 bits per heavy atom. The van der Waals surface area contributed by atoms with Crippen molar-refractivity contribution in [3.05, 3.63) is 12.1 Å². The quantitative estimate of drug-likeness (QED) is 0.402. The summed E-state index contributed by atoms with van der Waals surface area (Å²) in [6.07, 6.45) is 0.742. The molecular formula is C6H8O4. The van der Waals surface area contributed by atoms with Gasteiger partial charge < -0.3 is 9.47 Å². The molecule has 56 valence electrons. The van der Waals surface area contributed by atoms with Gasteiger partial charge in [0.1, 0.15) is 0 Å². The van der Waals surface area contributed by atoms with E-state index in [0.29, 0.717) is 0 Å². The second-order valence-electron chi connectivity index (χ2n) is 1.30. The molecule has 0 bridgehead atoms. The third-order valence-electron chi connectivity index (χ3n) is 0.694. The lowest BCUT2D eigenvalue weighted by atomic mass is 10.5. The molecule has 0 heterocycles. The van der Waals surface area contributed by atoms with Crippen LogP contribution in [0.1, 0.15) is 1.37 Å². The van der Waals surface area contributed by atoms with E-state index < -0.39 is 18.0 Å². The molecular weight excluding hydrogens is 136 g/mol. The molecule has 0 aromatic carbocycles. The van der Waals surface area contributed by atoms with Gasteiger partial charge in [0.2, 0.25) is 0 Å². The molecule has 10 heavy (non-hydrogen) atoms. The predicted molar refractivity (Wildman–Crippen MR) is 33.2 cm³/mol. The van der Waals surface area contributed by atoms with Gasteiger partial charge in [-0.2, -0.15) is 0 Å². The van der Waals surface area contributed by atoms with Crippen LogP contribution in [0, 0.1) is 0 Å². The van der Waals surface area contributed by atoms with Crippen molar-refractivity contribution in [2.45, 2.75) is 0 Å². The zero-order valence-corrected chi connectivity index (χ0v) is 5.71. The maximum atomic E-state index is 10.5. The summed E-state index contributed by atoms with van der Waals surface area (Å²) in [5.74, 6) is -1.62. The van der Waals surface area contributed by atoms with E-state index in [1.54, 1.807) is 0 Å². The van der Waals surface area contributed by atoms with Gasteiger partial charge >= 0.3 is 11.9 Å². The number of esters is 2.